The zero-order valence-electron chi connectivity index (χ0n) is 10.7. The van der Waals surface area contributed by atoms with Gasteiger partial charge >= 0.3 is 0 Å². The molecule has 0 radical (unpaired) electrons. The Labute approximate surface area is 106 Å². The van der Waals surface area contributed by atoms with Gasteiger partial charge < -0.3 is 10.2 Å². The number of anilines is 2. The van der Waals surface area contributed by atoms with Crippen molar-refractivity contribution in [3.05, 3.63) is 11.4 Å². The van der Waals surface area contributed by atoms with Crippen LogP contribution in [-0.2, 0) is 0 Å². The molecule has 0 unspecified atom stereocenters. The highest BCUT2D eigenvalue weighted by molar-refractivity contribution is 7.16. The third-order valence-electron chi connectivity index (χ3n) is 2.75. The fraction of sp³-hybridized carbons (Fsp3) is 0.500. The highest BCUT2D eigenvalue weighted by atomic mass is 32.1. The second kappa shape index (κ2) is 4.87. The van der Waals surface area contributed by atoms with Crippen LogP contribution in [0.15, 0.2) is 11.4 Å². The zero-order valence-corrected chi connectivity index (χ0v) is 11.5. The minimum Gasteiger partial charge on any atom is -0.357 e. The maximum absolute atomic E-state index is 4.59. The molecule has 0 amide bonds. The van der Waals surface area contributed by atoms with Crippen molar-refractivity contribution in [3.8, 4) is 0 Å². The molecule has 0 atom stereocenters. The van der Waals surface area contributed by atoms with E-state index < -0.39 is 0 Å². The predicted octanol–water partition coefficient (Wildman–Crippen LogP) is 2.97. The summed E-state index contributed by atoms with van der Waals surface area (Å²) in [6.07, 6.45) is 0. The van der Waals surface area contributed by atoms with E-state index in [4.69, 9.17) is 0 Å². The van der Waals surface area contributed by atoms with Gasteiger partial charge in [-0.05, 0) is 32.2 Å². The molecule has 0 saturated carbocycles. The number of thiophene rings is 1. The smallest absolute Gasteiger partial charge is 0.226 e. The first kappa shape index (κ1) is 12.1. The molecule has 0 aliphatic heterocycles. The average Bonchev–Trinajstić information content (AvgIpc) is 2.75. The summed E-state index contributed by atoms with van der Waals surface area (Å²) in [6.45, 7) is 7.20. The molecule has 1 N–H and O–H groups in total. The highest BCUT2D eigenvalue weighted by Crippen LogP contribution is 2.29. The van der Waals surface area contributed by atoms with Crippen molar-refractivity contribution < 1.29 is 0 Å². The molecule has 2 aromatic heterocycles. The van der Waals surface area contributed by atoms with Gasteiger partial charge in [0.25, 0.3) is 0 Å². The molecule has 0 spiro atoms. The fourth-order valence-corrected chi connectivity index (χ4v) is 2.35. The Morgan fingerprint density at radius 2 is 2.18 bits per heavy atom. The second-order valence-corrected chi connectivity index (χ2v) is 5.14. The molecule has 0 saturated heterocycles. The van der Waals surface area contributed by atoms with Crippen molar-refractivity contribution >= 4 is 33.3 Å². The molecule has 0 aliphatic rings. The zero-order chi connectivity index (χ0) is 12.4. The molecule has 0 aromatic carbocycles. The molecule has 0 fully saturated rings. The van der Waals surface area contributed by atoms with Gasteiger partial charge in [-0.25, -0.2) is 4.98 Å². The van der Waals surface area contributed by atoms with E-state index in [0.717, 1.165) is 22.6 Å². The van der Waals surface area contributed by atoms with E-state index in [0.29, 0.717) is 12.0 Å². The molecule has 0 aliphatic carbocycles. The van der Waals surface area contributed by atoms with Gasteiger partial charge in [0.15, 0.2) is 0 Å². The molecule has 0 bridgehead atoms. The van der Waals surface area contributed by atoms with Crippen LogP contribution in [0.5, 0.6) is 0 Å². The van der Waals surface area contributed by atoms with Gasteiger partial charge in [0.1, 0.15) is 10.6 Å². The molecule has 4 nitrogen and oxygen atoms in total. The van der Waals surface area contributed by atoms with E-state index in [1.165, 1.54) is 0 Å². The number of fused-ring (bicyclic) bond motifs is 1. The second-order valence-electron chi connectivity index (χ2n) is 4.25. The number of rotatable bonds is 4. The Morgan fingerprint density at radius 3 is 2.82 bits per heavy atom. The summed E-state index contributed by atoms with van der Waals surface area (Å²) in [7, 11) is 2.07. The summed E-state index contributed by atoms with van der Waals surface area (Å²) < 4.78 is 0. The summed E-state index contributed by atoms with van der Waals surface area (Å²) >= 11 is 1.65. The van der Waals surface area contributed by atoms with E-state index >= 15 is 0 Å². The largest absolute Gasteiger partial charge is 0.357 e. The summed E-state index contributed by atoms with van der Waals surface area (Å²) in [5.41, 5.74) is 0. The molecule has 2 aromatic rings. The summed E-state index contributed by atoms with van der Waals surface area (Å²) in [6, 6.07) is 2.51. The topological polar surface area (TPSA) is 41.1 Å². The van der Waals surface area contributed by atoms with Gasteiger partial charge in [-0.1, -0.05) is 0 Å². The van der Waals surface area contributed by atoms with E-state index in [9.17, 15) is 0 Å². The standard InChI is InChI=1S/C12H18N4S/c1-5-13-12-14-10(16(4)8(2)3)9-6-7-17-11(9)15-12/h6-8H,5H2,1-4H3,(H,13,14,15). The Bertz CT molecular complexity index is 506. The molecule has 17 heavy (non-hydrogen) atoms. The third-order valence-corrected chi connectivity index (χ3v) is 3.56. The van der Waals surface area contributed by atoms with Crippen molar-refractivity contribution in [3.63, 3.8) is 0 Å². The molecule has 92 valence electrons. The van der Waals surface area contributed by atoms with Crippen LogP contribution in [0.4, 0.5) is 11.8 Å². The highest BCUT2D eigenvalue weighted by Gasteiger charge is 2.14. The van der Waals surface area contributed by atoms with Crippen LogP contribution in [0.1, 0.15) is 20.8 Å². The Balaban J connectivity index is 2.54. The van der Waals surface area contributed by atoms with Crippen molar-refractivity contribution in [2.45, 2.75) is 26.8 Å². The van der Waals surface area contributed by atoms with Crippen LogP contribution < -0.4 is 10.2 Å². The normalized spacial score (nSPS) is 11.1. The molecular formula is C12H18N4S. The first-order valence-electron chi connectivity index (χ1n) is 5.85. The Morgan fingerprint density at radius 1 is 1.41 bits per heavy atom. The van der Waals surface area contributed by atoms with Crippen molar-refractivity contribution in [1.82, 2.24) is 9.97 Å². The van der Waals surface area contributed by atoms with Crippen molar-refractivity contribution in [2.24, 2.45) is 0 Å². The monoisotopic (exact) mass is 250 g/mol. The third kappa shape index (κ3) is 2.34. The van der Waals surface area contributed by atoms with Crippen LogP contribution in [0, 0.1) is 0 Å². The first-order valence-corrected chi connectivity index (χ1v) is 6.73. The maximum atomic E-state index is 4.59. The lowest BCUT2D eigenvalue weighted by molar-refractivity contribution is 0.746. The van der Waals surface area contributed by atoms with Crippen LogP contribution >= 0.6 is 11.3 Å². The molecule has 2 heterocycles. The summed E-state index contributed by atoms with van der Waals surface area (Å²) in [5.74, 6) is 1.71. The number of nitrogens with one attached hydrogen (secondary N) is 1. The maximum Gasteiger partial charge on any atom is 0.226 e. The quantitative estimate of drug-likeness (QED) is 0.905. The minimum atomic E-state index is 0.419. The van der Waals surface area contributed by atoms with Crippen LogP contribution in [-0.4, -0.2) is 29.6 Å². The van der Waals surface area contributed by atoms with Gasteiger partial charge in [0.2, 0.25) is 5.95 Å². The van der Waals surface area contributed by atoms with Gasteiger partial charge in [-0.3, -0.25) is 0 Å². The number of nitrogens with zero attached hydrogens (tertiary/aromatic N) is 3. The van der Waals surface area contributed by atoms with Crippen LogP contribution in [0.3, 0.4) is 0 Å². The fourth-order valence-electron chi connectivity index (χ4n) is 1.59. The summed E-state index contributed by atoms with van der Waals surface area (Å²) in [4.78, 5) is 12.3. The number of aromatic nitrogens is 2. The SMILES string of the molecule is CCNc1nc(N(C)C(C)C)c2ccsc2n1. The Kier molecular flexibility index (Phi) is 3.47. The van der Waals surface area contributed by atoms with Gasteiger partial charge in [-0.2, -0.15) is 4.98 Å². The van der Waals surface area contributed by atoms with Gasteiger partial charge in [0.05, 0.1) is 5.39 Å². The van der Waals surface area contributed by atoms with E-state index in [1.807, 2.05) is 6.92 Å². The minimum absolute atomic E-state index is 0.419. The predicted molar refractivity (Wildman–Crippen MR) is 75.1 cm³/mol. The lowest BCUT2D eigenvalue weighted by Gasteiger charge is -2.23. The van der Waals surface area contributed by atoms with Crippen molar-refractivity contribution in [2.75, 3.05) is 23.8 Å². The van der Waals surface area contributed by atoms with Gasteiger partial charge in [-0.15, -0.1) is 11.3 Å². The molecular weight excluding hydrogens is 232 g/mol. The lowest BCUT2D eigenvalue weighted by atomic mass is 10.3. The van der Waals surface area contributed by atoms with E-state index in [1.54, 1.807) is 11.3 Å². The van der Waals surface area contributed by atoms with Crippen molar-refractivity contribution in [1.29, 1.82) is 0 Å². The van der Waals surface area contributed by atoms with E-state index in [2.05, 4.69) is 52.5 Å². The molecule has 5 heteroatoms. The average molecular weight is 250 g/mol. The summed E-state index contributed by atoms with van der Waals surface area (Å²) in [5, 5.41) is 6.38. The van der Waals surface area contributed by atoms with Crippen LogP contribution in [0.2, 0.25) is 0 Å². The first-order chi connectivity index (χ1) is 8.13. The van der Waals surface area contributed by atoms with E-state index in [-0.39, 0.29) is 0 Å². The molecule has 2 rings (SSSR count). The Hall–Kier alpha value is -1.36. The van der Waals surface area contributed by atoms with Gasteiger partial charge in [0, 0.05) is 19.6 Å². The lowest BCUT2D eigenvalue weighted by Crippen LogP contribution is -2.27. The number of hydrogen-bond acceptors (Lipinski definition) is 5. The number of hydrogen-bond donors (Lipinski definition) is 1. The van der Waals surface area contributed by atoms with Crippen LogP contribution in [0.25, 0.3) is 10.2 Å².